The molecule has 162 valence electrons. The van der Waals surface area contributed by atoms with Gasteiger partial charge in [-0.05, 0) is 54.7 Å². The van der Waals surface area contributed by atoms with Gasteiger partial charge in [-0.2, -0.15) is 0 Å². The van der Waals surface area contributed by atoms with Crippen LogP contribution in [0.1, 0.15) is 43.2 Å². The molecule has 3 rings (SSSR count). The predicted octanol–water partition coefficient (Wildman–Crippen LogP) is 4.86. The van der Waals surface area contributed by atoms with Crippen LogP contribution < -0.4 is 14.2 Å². The van der Waals surface area contributed by atoms with Crippen molar-refractivity contribution in [3.05, 3.63) is 53.6 Å². The number of carbonyl (C=O) groups is 1. The van der Waals surface area contributed by atoms with Gasteiger partial charge in [-0.3, -0.25) is 4.79 Å². The zero-order chi connectivity index (χ0) is 21.3. The Kier molecular flexibility index (Phi) is 8.00. The van der Waals surface area contributed by atoms with Crippen LogP contribution in [0.2, 0.25) is 0 Å². The van der Waals surface area contributed by atoms with Crippen LogP contribution in [0.3, 0.4) is 0 Å². The molecule has 1 amide bonds. The molecule has 1 saturated carbocycles. The van der Waals surface area contributed by atoms with Gasteiger partial charge in [-0.25, -0.2) is 0 Å². The smallest absolute Gasteiger partial charge is 0.225 e. The topological polar surface area (TPSA) is 48.0 Å². The van der Waals surface area contributed by atoms with Crippen molar-refractivity contribution < 1.29 is 19.0 Å². The second kappa shape index (κ2) is 10.9. The first-order valence-corrected chi connectivity index (χ1v) is 10.8. The zero-order valence-electron chi connectivity index (χ0n) is 18.4. The Bertz CT molecular complexity index is 812. The molecule has 1 aliphatic rings. The van der Waals surface area contributed by atoms with Crippen molar-refractivity contribution in [2.24, 2.45) is 5.92 Å². The molecule has 0 heterocycles. The van der Waals surface area contributed by atoms with Crippen LogP contribution in [0.5, 0.6) is 17.2 Å². The summed E-state index contributed by atoms with van der Waals surface area (Å²) in [6, 6.07) is 13.9. The molecular formula is C25H33NO4. The third-order valence-electron chi connectivity index (χ3n) is 5.92. The van der Waals surface area contributed by atoms with E-state index in [1.54, 1.807) is 21.3 Å². The first kappa shape index (κ1) is 22.0. The fourth-order valence-electron chi connectivity index (χ4n) is 4.13. The van der Waals surface area contributed by atoms with Gasteiger partial charge in [-0.1, -0.05) is 37.5 Å². The number of hydrogen-bond donors (Lipinski definition) is 0. The van der Waals surface area contributed by atoms with Gasteiger partial charge in [0.1, 0.15) is 5.75 Å². The molecule has 2 aromatic rings. The molecule has 1 fully saturated rings. The summed E-state index contributed by atoms with van der Waals surface area (Å²) >= 11 is 0. The summed E-state index contributed by atoms with van der Waals surface area (Å²) in [6.07, 6.45) is 6.34. The number of rotatable bonds is 9. The van der Waals surface area contributed by atoms with Gasteiger partial charge in [0.25, 0.3) is 0 Å². The lowest BCUT2D eigenvalue weighted by Gasteiger charge is -2.29. The molecule has 30 heavy (non-hydrogen) atoms. The van der Waals surface area contributed by atoms with E-state index in [4.69, 9.17) is 14.2 Å². The number of hydrogen-bond acceptors (Lipinski definition) is 4. The van der Waals surface area contributed by atoms with Crippen molar-refractivity contribution >= 4 is 5.91 Å². The Morgan fingerprint density at radius 2 is 1.53 bits per heavy atom. The van der Waals surface area contributed by atoms with Crippen LogP contribution in [-0.2, 0) is 17.8 Å². The van der Waals surface area contributed by atoms with E-state index in [0.29, 0.717) is 13.1 Å². The van der Waals surface area contributed by atoms with E-state index >= 15 is 0 Å². The molecule has 0 bridgehead atoms. The second-order valence-corrected chi connectivity index (χ2v) is 7.88. The molecule has 0 saturated heterocycles. The van der Waals surface area contributed by atoms with Gasteiger partial charge < -0.3 is 19.1 Å². The van der Waals surface area contributed by atoms with Crippen molar-refractivity contribution in [2.75, 3.05) is 27.9 Å². The molecule has 2 aromatic carbocycles. The first-order valence-electron chi connectivity index (χ1n) is 10.8. The highest BCUT2D eigenvalue weighted by molar-refractivity contribution is 5.79. The molecule has 0 atom stereocenters. The average molecular weight is 412 g/mol. The van der Waals surface area contributed by atoms with E-state index in [-0.39, 0.29) is 11.8 Å². The lowest BCUT2D eigenvalue weighted by atomic mass is 9.88. The summed E-state index contributed by atoms with van der Waals surface area (Å²) in [5.41, 5.74) is 2.25. The number of ether oxygens (including phenoxy) is 3. The van der Waals surface area contributed by atoms with Crippen LogP contribution in [0.15, 0.2) is 42.5 Å². The van der Waals surface area contributed by atoms with Crippen LogP contribution in [0.4, 0.5) is 0 Å². The maximum atomic E-state index is 13.3. The number of amides is 1. The minimum absolute atomic E-state index is 0.155. The second-order valence-electron chi connectivity index (χ2n) is 7.88. The third kappa shape index (κ3) is 5.68. The van der Waals surface area contributed by atoms with Gasteiger partial charge in [0.15, 0.2) is 11.5 Å². The number of methoxy groups -OCH3 is 3. The van der Waals surface area contributed by atoms with E-state index in [2.05, 4.69) is 0 Å². The molecule has 0 unspecified atom stereocenters. The van der Waals surface area contributed by atoms with Crippen LogP contribution in [0.25, 0.3) is 0 Å². The van der Waals surface area contributed by atoms with Gasteiger partial charge in [0, 0.05) is 19.0 Å². The van der Waals surface area contributed by atoms with Gasteiger partial charge in [0.05, 0.1) is 21.3 Å². The van der Waals surface area contributed by atoms with Crippen LogP contribution in [0, 0.1) is 5.92 Å². The van der Waals surface area contributed by atoms with Gasteiger partial charge >= 0.3 is 0 Å². The third-order valence-corrected chi connectivity index (χ3v) is 5.92. The fraction of sp³-hybridized carbons (Fsp3) is 0.480. The van der Waals surface area contributed by atoms with Crippen molar-refractivity contribution in [3.8, 4) is 17.2 Å². The first-order chi connectivity index (χ1) is 14.6. The lowest BCUT2D eigenvalue weighted by Crippen LogP contribution is -2.38. The average Bonchev–Trinajstić information content (AvgIpc) is 2.82. The summed E-state index contributed by atoms with van der Waals surface area (Å²) in [4.78, 5) is 15.3. The quantitative estimate of drug-likeness (QED) is 0.591. The molecule has 5 nitrogen and oxygen atoms in total. The fourth-order valence-corrected chi connectivity index (χ4v) is 4.13. The Hall–Kier alpha value is -2.69. The lowest BCUT2D eigenvalue weighted by molar-refractivity contribution is -0.137. The highest BCUT2D eigenvalue weighted by atomic mass is 16.5. The summed E-state index contributed by atoms with van der Waals surface area (Å²) in [5, 5.41) is 0. The highest BCUT2D eigenvalue weighted by Gasteiger charge is 2.26. The Morgan fingerprint density at radius 3 is 2.17 bits per heavy atom. The van der Waals surface area contributed by atoms with Crippen LogP contribution >= 0.6 is 0 Å². The Morgan fingerprint density at radius 1 is 0.867 bits per heavy atom. The maximum absolute atomic E-state index is 13.3. The molecular weight excluding hydrogens is 378 g/mol. The minimum Gasteiger partial charge on any atom is -0.497 e. The Balaban J connectivity index is 1.73. The van der Waals surface area contributed by atoms with Crippen molar-refractivity contribution in [3.63, 3.8) is 0 Å². The van der Waals surface area contributed by atoms with Crippen molar-refractivity contribution in [2.45, 2.75) is 45.1 Å². The number of carbonyl (C=O) groups excluding carboxylic acids is 1. The van der Waals surface area contributed by atoms with Gasteiger partial charge in [-0.15, -0.1) is 0 Å². The monoisotopic (exact) mass is 411 g/mol. The van der Waals surface area contributed by atoms with Crippen LogP contribution in [-0.4, -0.2) is 38.7 Å². The molecule has 0 aromatic heterocycles. The van der Waals surface area contributed by atoms with E-state index in [0.717, 1.165) is 60.5 Å². The molecule has 0 N–H and O–H groups in total. The molecule has 0 spiro atoms. The highest BCUT2D eigenvalue weighted by Crippen LogP contribution is 2.29. The van der Waals surface area contributed by atoms with Gasteiger partial charge in [0.2, 0.25) is 5.91 Å². The number of benzene rings is 2. The van der Waals surface area contributed by atoms with E-state index < -0.39 is 0 Å². The maximum Gasteiger partial charge on any atom is 0.225 e. The van der Waals surface area contributed by atoms with E-state index in [9.17, 15) is 4.79 Å². The molecule has 0 radical (unpaired) electrons. The summed E-state index contributed by atoms with van der Waals surface area (Å²) in [6.45, 7) is 1.30. The molecule has 5 heteroatoms. The Labute approximate surface area is 179 Å². The number of nitrogens with zero attached hydrogens (tertiary/aromatic N) is 1. The predicted molar refractivity (Wildman–Crippen MR) is 118 cm³/mol. The largest absolute Gasteiger partial charge is 0.497 e. The zero-order valence-corrected chi connectivity index (χ0v) is 18.4. The summed E-state index contributed by atoms with van der Waals surface area (Å²) in [5.74, 6) is 2.70. The molecule has 0 aliphatic heterocycles. The SMILES string of the molecule is COc1ccc(CN(CCc2ccc(OC)c(OC)c2)C(=O)C2CCCCC2)cc1. The van der Waals surface area contributed by atoms with Crippen molar-refractivity contribution in [1.82, 2.24) is 4.90 Å². The van der Waals surface area contributed by atoms with E-state index in [1.165, 1.54) is 6.42 Å². The normalized spacial score (nSPS) is 14.2. The van der Waals surface area contributed by atoms with Crippen molar-refractivity contribution in [1.29, 1.82) is 0 Å². The minimum atomic E-state index is 0.155. The summed E-state index contributed by atoms with van der Waals surface area (Å²) in [7, 11) is 4.94. The standard InChI is InChI=1S/C25H33NO4/c1-28-22-12-9-20(10-13-22)18-26(25(27)21-7-5-4-6-8-21)16-15-19-11-14-23(29-2)24(17-19)30-3/h9-14,17,21H,4-8,15-16,18H2,1-3H3. The van der Waals surface area contributed by atoms with E-state index in [1.807, 2.05) is 47.4 Å². The molecule has 1 aliphatic carbocycles. The summed E-state index contributed by atoms with van der Waals surface area (Å²) < 4.78 is 16.0.